The number of hydrogen-bond acceptors (Lipinski definition) is 7. The van der Waals surface area contributed by atoms with Crippen LogP contribution in [0.25, 0.3) is 0 Å². The molecular weight excluding hydrogens is 538 g/mol. The maximum absolute atomic E-state index is 13.0. The Balaban J connectivity index is 1.65. The Kier molecular flexibility index (Phi) is 10.0. The molecule has 0 spiro atoms. The second-order valence-corrected chi connectivity index (χ2v) is 8.89. The van der Waals surface area contributed by atoms with Gasteiger partial charge in [-0.2, -0.15) is 0 Å². The van der Waals surface area contributed by atoms with Crippen LogP contribution in [-0.4, -0.2) is 67.3 Å². The van der Waals surface area contributed by atoms with E-state index in [0.29, 0.717) is 29.9 Å². The average Bonchev–Trinajstić information content (AvgIpc) is 2.85. The molecule has 35 heavy (non-hydrogen) atoms. The first-order valence-electron chi connectivity index (χ1n) is 10.9. The molecule has 2 aromatic carbocycles. The van der Waals surface area contributed by atoms with Crippen molar-refractivity contribution in [2.75, 3.05) is 33.4 Å². The molecule has 1 saturated heterocycles. The Morgan fingerprint density at radius 2 is 1.97 bits per heavy atom. The summed E-state index contributed by atoms with van der Waals surface area (Å²) in [4.78, 5) is 39.6. The monoisotopic (exact) mass is 563 g/mol. The summed E-state index contributed by atoms with van der Waals surface area (Å²) in [6.45, 7) is 1.39. The van der Waals surface area contributed by atoms with Crippen molar-refractivity contribution in [2.45, 2.75) is 19.1 Å². The van der Waals surface area contributed by atoms with Gasteiger partial charge in [-0.15, -0.1) is 0 Å². The topological polar surface area (TPSA) is 106 Å². The van der Waals surface area contributed by atoms with Crippen LogP contribution < -0.4 is 15.4 Å². The number of nitrogens with zero attached hydrogens (tertiary/aromatic N) is 1. The lowest BCUT2D eigenvalue weighted by Gasteiger charge is -2.36. The molecule has 1 aliphatic heterocycles. The molecule has 1 aliphatic rings. The van der Waals surface area contributed by atoms with E-state index in [4.69, 9.17) is 26.4 Å². The average molecular weight is 564 g/mol. The molecule has 1 fully saturated rings. The predicted molar refractivity (Wildman–Crippen MR) is 136 cm³/mol. The second kappa shape index (κ2) is 13.2. The molecule has 9 nitrogen and oxygen atoms in total. The van der Waals surface area contributed by atoms with E-state index in [1.165, 1.54) is 4.90 Å². The SMILES string of the molecule is COCCOc1ccc(Br)cc1C(=O)NC(=S)N1CCNC(=O)C1CC(=O)OCc1ccccc1. The first kappa shape index (κ1) is 26.6. The summed E-state index contributed by atoms with van der Waals surface area (Å²) in [6.07, 6.45) is -0.211. The van der Waals surface area contributed by atoms with Crippen LogP contribution in [0, 0.1) is 0 Å². The number of carbonyl (C=O) groups is 3. The van der Waals surface area contributed by atoms with Crippen LogP contribution in [-0.2, 0) is 25.7 Å². The highest BCUT2D eigenvalue weighted by Gasteiger charge is 2.34. The fraction of sp³-hybridized carbons (Fsp3) is 0.333. The molecule has 0 bridgehead atoms. The number of ether oxygens (including phenoxy) is 3. The number of carbonyl (C=O) groups excluding carboxylic acids is 3. The van der Waals surface area contributed by atoms with Gasteiger partial charge in [-0.3, -0.25) is 19.7 Å². The van der Waals surface area contributed by atoms with E-state index in [-0.39, 0.29) is 36.2 Å². The molecule has 2 aromatic rings. The van der Waals surface area contributed by atoms with Crippen LogP contribution in [0.1, 0.15) is 22.3 Å². The van der Waals surface area contributed by atoms with E-state index in [9.17, 15) is 14.4 Å². The van der Waals surface area contributed by atoms with Crippen molar-refractivity contribution in [3.8, 4) is 5.75 Å². The van der Waals surface area contributed by atoms with E-state index in [0.717, 1.165) is 5.56 Å². The third-order valence-electron chi connectivity index (χ3n) is 5.15. The van der Waals surface area contributed by atoms with E-state index >= 15 is 0 Å². The van der Waals surface area contributed by atoms with E-state index < -0.39 is 17.9 Å². The number of halogens is 1. The number of benzene rings is 2. The van der Waals surface area contributed by atoms with Gasteiger partial charge in [-0.05, 0) is 36.0 Å². The van der Waals surface area contributed by atoms with Gasteiger partial charge < -0.3 is 24.4 Å². The van der Waals surface area contributed by atoms with E-state index in [2.05, 4.69) is 26.6 Å². The van der Waals surface area contributed by atoms with Crippen molar-refractivity contribution in [2.24, 2.45) is 0 Å². The summed E-state index contributed by atoms with van der Waals surface area (Å²) in [5.74, 6) is -1.05. The zero-order valence-electron chi connectivity index (χ0n) is 19.1. The van der Waals surface area contributed by atoms with Crippen molar-refractivity contribution in [3.05, 3.63) is 64.1 Å². The highest BCUT2D eigenvalue weighted by atomic mass is 79.9. The predicted octanol–water partition coefficient (Wildman–Crippen LogP) is 2.42. The van der Waals surface area contributed by atoms with Gasteiger partial charge in [0.25, 0.3) is 5.91 Å². The Hall–Kier alpha value is -3.02. The fourth-order valence-electron chi connectivity index (χ4n) is 3.39. The molecule has 0 saturated carbocycles. The molecular formula is C24H26BrN3O6S. The zero-order chi connectivity index (χ0) is 25.2. The summed E-state index contributed by atoms with van der Waals surface area (Å²) in [5, 5.41) is 5.42. The summed E-state index contributed by atoms with van der Waals surface area (Å²) in [7, 11) is 1.56. The van der Waals surface area contributed by atoms with E-state index in [1.54, 1.807) is 25.3 Å². The minimum absolute atomic E-state index is 0.0357. The number of piperazine rings is 1. The summed E-state index contributed by atoms with van der Waals surface area (Å²) in [6, 6.07) is 13.4. The van der Waals surface area contributed by atoms with Crippen molar-refractivity contribution < 1.29 is 28.6 Å². The third-order valence-corrected chi connectivity index (χ3v) is 5.98. The number of nitrogens with one attached hydrogen (secondary N) is 2. The maximum Gasteiger partial charge on any atom is 0.308 e. The molecule has 11 heteroatoms. The molecule has 1 unspecified atom stereocenters. The summed E-state index contributed by atoms with van der Waals surface area (Å²) < 4.78 is 16.6. The van der Waals surface area contributed by atoms with Crippen LogP contribution in [0.3, 0.4) is 0 Å². The number of esters is 1. The van der Waals surface area contributed by atoms with Gasteiger partial charge in [0.15, 0.2) is 5.11 Å². The first-order chi connectivity index (χ1) is 16.9. The van der Waals surface area contributed by atoms with Crippen LogP contribution >= 0.6 is 28.1 Å². The van der Waals surface area contributed by atoms with Gasteiger partial charge >= 0.3 is 5.97 Å². The molecule has 0 aromatic heterocycles. The quantitative estimate of drug-likeness (QED) is 0.272. The van der Waals surface area contributed by atoms with Gasteiger partial charge in [-0.25, -0.2) is 0 Å². The molecule has 3 rings (SSSR count). The Bertz CT molecular complexity index is 1070. The van der Waals surface area contributed by atoms with Crippen LogP contribution in [0.2, 0.25) is 0 Å². The summed E-state index contributed by atoms with van der Waals surface area (Å²) >= 11 is 8.80. The molecule has 1 heterocycles. The van der Waals surface area contributed by atoms with Crippen molar-refractivity contribution >= 4 is 51.0 Å². The molecule has 2 amide bonds. The number of hydrogen-bond donors (Lipinski definition) is 2. The lowest BCUT2D eigenvalue weighted by atomic mass is 10.1. The first-order valence-corrected chi connectivity index (χ1v) is 12.1. The molecule has 0 aliphatic carbocycles. The van der Waals surface area contributed by atoms with Gasteiger partial charge in [0.1, 0.15) is 25.0 Å². The van der Waals surface area contributed by atoms with Crippen LogP contribution in [0.4, 0.5) is 0 Å². The largest absolute Gasteiger partial charge is 0.490 e. The number of rotatable bonds is 9. The maximum atomic E-state index is 13.0. The van der Waals surface area contributed by atoms with Crippen molar-refractivity contribution in [3.63, 3.8) is 0 Å². The number of methoxy groups -OCH3 is 1. The number of thiocarbonyl (C=S) groups is 1. The molecule has 2 N–H and O–H groups in total. The van der Waals surface area contributed by atoms with Gasteiger partial charge in [-0.1, -0.05) is 46.3 Å². The smallest absolute Gasteiger partial charge is 0.308 e. The van der Waals surface area contributed by atoms with Crippen molar-refractivity contribution in [1.29, 1.82) is 0 Å². The third kappa shape index (κ3) is 7.74. The van der Waals surface area contributed by atoms with Crippen molar-refractivity contribution in [1.82, 2.24) is 15.5 Å². The lowest BCUT2D eigenvalue weighted by molar-refractivity contribution is -0.148. The molecule has 186 valence electrons. The normalized spacial score (nSPS) is 15.2. The van der Waals surface area contributed by atoms with Crippen LogP contribution in [0.5, 0.6) is 5.75 Å². The number of amides is 2. The van der Waals surface area contributed by atoms with Gasteiger partial charge in [0, 0.05) is 24.7 Å². The fourth-order valence-corrected chi connectivity index (χ4v) is 4.06. The molecule has 1 atom stereocenters. The highest BCUT2D eigenvalue weighted by Crippen LogP contribution is 2.23. The Labute approximate surface area is 217 Å². The second-order valence-electron chi connectivity index (χ2n) is 7.59. The van der Waals surface area contributed by atoms with E-state index in [1.807, 2.05) is 30.3 Å². The van der Waals surface area contributed by atoms with Crippen LogP contribution in [0.15, 0.2) is 53.0 Å². The van der Waals surface area contributed by atoms with Gasteiger partial charge in [0.05, 0.1) is 18.6 Å². The standard InChI is InChI=1S/C24H26BrN3O6S/c1-32-11-12-33-20-8-7-17(25)13-18(20)22(30)27-24(35)28-10-9-26-23(31)19(28)14-21(29)34-15-16-5-3-2-4-6-16/h2-8,13,19H,9-12,14-15H2,1H3,(H,26,31)(H,27,30,35). The minimum Gasteiger partial charge on any atom is -0.490 e. The molecule has 0 radical (unpaired) electrons. The summed E-state index contributed by atoms with van der Waals surface area (Å²) in [5.41, 5.74) is 1.10. The van der Waals surface area contributed by atoms with Gasteiger partial charge in [0.2, 0.25) is 5.91 Å². The lowest BCUT2D eigenvalue weighted by Crippen LogP contribution is -2.60. The zero-order valence-corrected chi connectivity index (χ0v) is 21.5. The highest BCUT2D eigenvalue weighted by molar-refractivity contribution is 9.10. The Morgan fingerprint density at radius 3 is 2.71 bits per heavy atom. The minimum atomic E-state index is -0.903. The Morgan fingerprint density at radius 1 is 1.20 bits per heavy atom.